The van der Waals surface area contributed by atoms with Gasteiger partial charge < -0.3 is 20.5 Å². The lowest BCUT2D eigenvalue weighted by Crippen LogP contribution is -2.36. The SMILES string of the molecule is C=CCOc1cccc(NC(=O)N[C@@H]2C=C[C@H](CO)C2)c1. The van der Waals surface area contributed by atoms with E-state index in [2.05, 4.69) is 17.2 Å². The van der Waals surface area contributed by atoms with Gasteiger partial charge in [0.2, 0.25) is 0 Å². The van der Waals surface area contributed by atoms with E-state index in [0.29, 0.717) is 18.0 Å². The Morgan fingerprint density at radius 1 is 1.48 bits per heavy atom. The Labute approximate surface area is 124 Å². The monoisotopic (exact) mass is 288 g/mol. The third kappa shape index (κ3) is 4.65. The van der Waals surface area contributed by atoms with Crippen LogP contribution in [0.15, 0.2) is 49.1 Å². The lowest BCUT2D eigenvalue weighted by atomic mass is 10.1. The number of nitrogens with one attached hydrogen (secondary N) is 2. The largest absolute Gasteiger partial charge is 0.489 e. The number of carbonyl (C=O) groups excluding carboxylic acids is 1. The van der Waals surface area contributed by atoms with Gasteiger partial charge in [-0.2, -0.15) is 0 Å². The number of hydrogen-bond acceptors (Lipinski definition) is 3. The molecular weight excluding hydrogens is 268 g/mol. The van der Waals surface area contributed by atoms with Crippen molar-refractivity contribution in [3.8, 4) is 5.75 Å². The summed E-state index contributed by atoms with van der Waals surface area (Å²) in [5, 5.41) is 14.7. The van der Waals surface area contributed by atoms with E-state index in [0.717, 1.165) is 6.42 Å². The number of benzene rings is 1. The average molecular weight is 288 g/mol. The van der Waals surface area contributed by atoms with Gasteiger partial charge in [-0.05, 0) is 18.6 Å². The molecule has 0 bridgehead atoms. The van der Waals surface area contributed by atoms with Crippen LogP contribution in [0.2, 0.25) is 0 Å². The van der Waals surface area contributed by atoms with Gasteiger partial charge in [-0.25, -0.2) is 4.79 Å². The zero-order valence-electron chi connectivity index (χ0n) is 11.8. The number of hydrogen-bond donors (Lipinski definition) is 3. The smallest absolute Gasteiger partial charge is 0.319 e. The lowest BCUT2D eigenvalue weighted by Gasteiger charge is -2.14. The summed E-state index contributed by atoms with van der Waals surface area (Å²) in [5.41, 5.74) is 0.662. The number of ether oxygens (including phenoxy) is 1. The predicted octanol–water partition coefficient (Wildman–Crippen LogP) is 2.31. The Morgan fingerprint density at radius 3 is 3.05 bits per heavy atom. The Hall–Kier alpha value is -2.27. The van der Waals surface area contributed by atoms with Gasteiger partial charge >= 0.3 is 6.03 Å². The molecule has 3 N–H and O–H groups in total. The highest BCUT2D eigenvalue weighted by molar-refractivity contribution is 5.89. The van der Waals surface area contributed by atoms with Gasteiger partial charge in [0.05, 0.1) is 0 Å². The predicted molar refractivity (Wildman–Crippen MR) is 82.4 cm³/mol. The molecule has 1 aromatic carbocycles. The van der Waals surface area contributed by atoms with E-state index in [4.69, 9.17) is 9.84 Å². The van der Waals surface area contributed by atoms with Gasteiger partial charge in [0.1, 0.15) is 12.4 Å². The van der Waals surface area contributed by atoms with Crippen molar-refractivity contribution in [3.05, 3.63) is 49.1 Å². The molecule has 1 aromatic rings. The summed E-state index contributed by atoms with van der Waals surface area (Å²) in [4.78, 5) is 11.9. The first-order chi connectivity index (χ1) is 10.2. The van der Waals surface area contributed by atoms with Crippen molar-refractivity contribution in [1.82, 2.24) is 5.32 Å². The molecule has 0 aromatic heterocycles. The third-order valence-corrected chi connectivity index (χ3v) is 3.18. The topological polar surface area (TPSA) is 70.6 Å². The fourth-order valence-electron chi connectivity index (χ4n) is 2.17. The maximum absolute atomic E-state index is 11.9. The minimum Gasteiger partial charge on any atom is -0.489 e. The zero-order chi connectivity index (χ0) is 15.1. The molecule has 0 saturated carbocycles. The molecule has 0 heterocycles. The Bertz CT molecular complexity index is 528. The summed E-state index contributed by atoms with van der Waals surface area (Å²) in [6.07, 6.45) is 6.22. The van der Waals surface area contributed by atoms with E-state index in [-0.39, 0.29) is 24.6 Å². The molecule has 2 amide bonds. The summed E-state index contributed by atoms with van der Waals surface area (Å²) < 4.78 is 5.41. The van der Waals surface area contributed by atoms with E-state index in [1.807, 2.05) is 24.3 Å². The molecular formula is C16H20N2O3. The van der Waals surface area contributed by atoms with Gasteiger partial charge in [0, 0.05) is 30.3 Å². The van der Waals surface area contributed by atoms with Gasteiger partial charge in [-0.1, -0.05) is 30.9 Å². The molecule has 1 aliphatic carbocycles. The zero-order valence-corrected chi connectivity index (χ0v) is 11.8. The van der Waals surface area contributed by atoms with Gasteiger partial charge in [0.15, 0.2) is 0 Å². The van der Waals surface area contributed by atoms with E-state index >= 15 is 0 Å². The highest BCUT2D eigenvalue weighted by Gasteiger charge is 2.19. The molecule has 1 aliphatic rings. The molecule has 5 nitrogen and oxygen atoms in total. The van der Waals surface area contributed by atoms with Crippen molar-refractivity contribution in [3.63, 3.8) is 0 Å². The Balaban J connectivity index is 1.85. The van der Waals surface area contributed by atoms with Crippen molar-refractivity contribution in [2.45, 2.75) is 12.5 Å². The Kier molecular flexibility index (Phi) is 5.40. The fraction of sp³-hybridized carbons (Fsp3) is 0.312. The second-order valence-corrected chi connectivity index (χ2v) is 4.90. The highest BCUT2D eigenvalue weighted by atomic mass is 16.5. The molecule has 0 spiro atoms. The van der Waals surface area contributed by atoms with Crippen LogP contribution in [0, 0.1) is 5.92 Å². The van der Waals surface area contributed by atoms with Crippen LogP contribution in [0.25, 0.3) is 0 Å². The van der Waals surface area contributed by atoms with Crippen molar-refractivity contribution in [2.75, 3.05) is 18.5 Å². The summed E-state index contributed by atoms with van der Waals surface area (Å²) in [5.74, 6) is 0.805. The van der Waals surface area contributed by atoms with Gasteiger partial charge in [-0.3, -0.25) is 0 Å². The van der Waals surface area contributed by atoms with E-state index in [9.17, 15) is 4.79 Å². The minimum atomic E-state index is -0.274. The van der Waals surface area contributed by atoms with E-state index < -0.39 is 0 Å². The number of anilines is 1. The number of aliphatic hydroxyl groups is 1. The van der Waals surface area contributed by atoms with E-state index in [1.165, 1.54) is 0 Å². The first-order valence-electron chi connectivity index (χ1n) is 6.91. The summed E-state index contributed by atoms with van der Waals surface area (Å²) in [6, 6.07) is 6.86. The molecule has 112 valence electrons. The van der Waals surface area contributed by atoms with Crippen molar-refractivity contribution in [2.24, 2.45) is 5.92 Å². The molecule has 5 heteroatoms. The molecule has 0 radical (unpaired) electrons. The summed E-state index contributed by atoms with van der Waals surface area (Å²) in [6.45, 7) is 4.12. The lowest BCUT2D eigenvalue weighted by molar-refractivity contribution is 0.238. The molecule has 2 rings (SSSR count). The molecule has 0 aliphatic heterocycles. The van der Waals surface area contributed by atoms with Crippen LogP contribution in [-0.4, -0.2) is 30.4 Å². The first-order valence-corrected chi connectivity index (χ1v) is 6.91. The summed E-state index contributed by atoms with van der Waals surface area (Å²) >= 11 is 0. The molecule has 0 fully saturated rings. The average Bonchev–Trinajstić information content (AvgIpc) is 2.93. The number of urea groups is 1. The van der Waals surface area contributed by atoms with Gasteiger partial charge in [0.25, 0.3) is 0 Å². The first kappa shape index (κ1) is 15.1. The number of carbonyl (C=O) groups is 1. The second-order valence-electron chi connectivity index (χ2n) is 4.90. The standard InChI is InChI=1S/C16H20N2O3/c1-2-8-21-15-5-3-4-13(10-15)17-16(20)18-14-7-6-12(9-14)11-19/h2-7,10,12,14,19H,1,8-9,11H2,(H2,17,18,20)/t12-,14+/m0/s1. The minimum absolute atomic E-state index is 0.0395. The maximum Gasteiger partial charge on any atom is 0.319 e. The van der Waals surface area contributed by atoms with Crippen molar-refractivity contribution < 1.29 is 14.6 Å². The van der Waals surface area contributed by atoms with Crippen LogP contribution >= 0.6 is 0 Å². The van der Waals surface area contributed by atoms with Gasteiger partial charge in [-0.15, -0.1) is 0 Å². The van der Waals surface area contributed by atoms with Crippen LogP contribution in [0.5, 0.6) is 5.75 Å². The maximum atomic E-state index is 11.9. The quantitative estimate of drug-likeness (QED) is 0.703. The summed E-state index contributed by atoms with van der Waals surface area (Å²) in [7, 11) is 0. The van der Waals surface area contributed by atoms with Crippen molar-refractivity contribution >= 4 is 11.7 Å². The molecule has 0 unspecified atom stereocenters. The molecule has 21 heavy (non-hydrogen) atoms. The van der Waals surface area contributed by atoms with E-state index in [1.54, 1.807) is 18.2 Å². The van der Waals surface area contributed by atoms with Crippen LogP contribution in [-0.2, 0) is 0 Å². The fourth-order valence-corrected chi connectivity index (χ4v) is 2.17. The normalized spacial score (nSPS) is 20.0. The number of rotatable bonds is 6. The third-order valence-electron chi connectivity index (χ3n) is 3.18. The highest BCUT2D eigenvalue weighted by Crippen LogP contribution is 2.19. The van der Waals surface area contributed by atoms with Crippen LogP contribution in [0.3, 0.4) is 0 Å². The van der Waals surface area contributed by atoms with Crippen LogP contribution in [0.1, 0.15) is 6.42 Å². The number of aliphatic hydroxyl groups excluding tert-OH is 1. The van der Waals surface area contributed by atoms with Crippen molar-refractivity contribution in [1.29, 1.82) is 0 Å². The van der Waals surface area contributed by atoms with Crippen LogP contribution in [0.4, 0.5) is 10.5 Å². The molecule has 0 saturated heterocycles. The van der Waals surface area contributed by atoms with Crippen LogP contribution < -0.4 is 15.4 Å². The second kappa shape index (κ2) is 7.50. The number of amides is 2. The Morgan fingerprint density at radius 2 is 2.33 bits per heavy atom. The molecule has 2 atom stereocenters.